The summed E-state index contributed by atoms with van der Waals surface area (Å²) in [6, 6.07) is 81.2. The summed E-state index contributed by atoms with van der Waals surface area (Å²) in [6.45, 7) is 0. The van der Waals surface area contributed by atoms with E-state index in [1.807, 2.05) is 42.6 Å². The van der Waals surface area contributed by atoms with Gasteiger partial charge >= 0.3 is 0 Å². The molecule has 7 heteroatoms. The van der Waals surface area contributed by atoms with Gasteiger partial charge in [0.2, 0.25) is 0 Å². The Bertz CT molecular complexity index is 4240. The van der Waals surface area contributed by atoms with E-state index in [4.69, 9.17) is 19.9 Å². The molecule has 6 heterocycles. The standard InChI is InChI=1S/C62H39N7/c1-4-16-40(17-5-1)52-39-60(66-62(65-52)41-18-6-2-7-19-41)69-54-26-13-11-23-47(54)49-37-43(30-33-56(49)69)42-29-32-55-48(36-42)46-22-10-12-25-53(46)68(55)59-28-14-24-51(64-59)44-31-34-57-50(38-44)61-58(27-15-35-63-61)67(57)45-20-8-3-9-21-45/h1-39H. The minimum absolute atomic E-state index is 0.687. The van der Waals surface area contributed by atoms with Crippen molar-refractivity contribution in [1.82, 2.24) is 33.6 Å². The van der Waals surface area contributed by atoms with Crippen LogP contribution < -0.4 is 0 Å². The van der Waals surface area contributed by atoms with E-state index in [0.29, 0.717) is 5.82 Å². The van der Waals surface area contributed by atoms with E-state index >= 15 is 0 Å². The van der Waals surface area contributed by atoms with Gasteiger partial charge in [-0.1, -0.05) is 140 Å². The lowest BCUT2D eigenvalue weighted by atomic mass is 10.0. The van der Waals surface area contributed by atoms with Gasteiger partial charge in [-0.25, -0.2) is 15.0 Å². The minimum Gasteiger partial charge on any atom is -0.308 e. The van der Waals surface area contributed by atoms with Crippen molar-refractivity contribution in [2.45, 2.75) is 0 Å². The summed E-state index contributed by atoms with van der Waals surface area (Å²) in [4.78, 5) is 20.6. The third-order valence-electron chi connectivity index (χ3n) is 13.5. The number of aromatic nitrogens is 7. The van der Waals surface area contributed by atoms with Gasteiger partial charge in [0.05, 0.1) is 50.0 Å². The predicted molar refractivity (Wildman–Crippen MR) is 282 cm³/mol. The van der Waals surface area contributed by atoms with Gasteiger partial charge in [0.25, 0.3) is 0 Å². The molecule has 0 amide bonds. The number of fused-ring (bicyclic) bond motifs is 9. The van der Waals surface area contributed by atoms with Crippen molar-refractivity contribution in [1.29, 1.82) is 0 Å². The van der Waals surface area contributed by atoms with Crippen LogP contribution in [0.5, 0.6) is 0 Å². The quantitative estimate of drug-likeness (QED) is 0.160. The maximum Gasteiger partial charge on any atom is 0.162 e. The molecule has 14 aromatic rings. The molecule has 69 heavy (non-hydrogen) atoms. The van der Waals surface area contributed by atoms with Crippen LogP contribution in [-0.4, -0.2) is 33.6 Å². The number of para-hydroxylation sites is 3. The number of rotatable bonds is 7. The molecule has 0 fully saturated rings. The van der Waals surface area contributed by atoms with E-state index in [1.165, 1.54) is 10.8 Å². The maximum absolute atomic E-state index is 5.38. The molecule has 7 nitrogen and oxygen atoms in total. The first-order chi connectivity index (χ1) is 34.2. The van der Waals surface area contributed by atoms with E-state index in [2.05, 4.69) is 208 Å². The smallest absolute Gasteiger partial charge is 0.162 e. The average Bonchev–Trinajstić information content (AvgIpc) is 4.06. The highest BCUT2D eigenvalue weighted by molar-refractivity contribution is 6.13. The highest BCUT2D eigenvalue weighted by atomic mass is 15.1. The van der Waals surface area contributed by atoms with Crippen LogP contribution in [0.25, 0.3) is 128 Å². The fraction of sp³-hybridized carbons (Fsp3) is 0. The molecule has 0 unspecified atom stereocenters. The molecule has 0 radical (unpaired) electrons. The average molecular weight is 882 g/mol. The normalized spacial score (nSPS) is 11.8. The minimum atomic E-state index is 0.687. The Balaban J connectivity index is 0.881. The summed E-state index contributed by atoms with van der Waals surface area (Å²) in [5.41, 5.74) is 15.7. The van der Waals surface area contributed by atoms with Crippen molar-refractivity contribution < 1.29 is 0 Å². The van der Waals surface area contributed by atoms with Crippen LogP contribution in [0.2, 0.25) is 0 Å². The Morgan fingerprint density at radius 3 is 1.49 bits per heavy atom. The summed E-state index contributed by atoms with van der Waals surface area (Å²) in [5, 5.41) is 5.76. The first-order valence-electron chi connectivity index (χ1n) is 23.2. The molecule has 0 saturated carbocycles. The Hall–Kier alpha value is -9.46. The molecule has 0 saturated heterocycles. The van der Waals surface area contributed by atoms with E-state index in [0.717, 1.165) is 111 Å². The van der Waals surface area contributed by atoms with Gasteiger partial charge in [-0.2, -0.15) is 0 Å². The Kier molecular flexibility index (Phi) is 8.75. The monoisotopic (exact) mass is 881 g/mol. The second kappa shape index (κ2) is 15.6. The van der Waals surface area contributed by atoms with Crippen LogP contribution in [0.1, 0.15) is 0 Å². The van der Waals surface area contributed by atoms with Crippen LogP contribution in [-0.2, 0) is 0 Å². The fourth-order valence-electron chi connectivity index (χ4n) is 10.4. The number of hydrogen-bond acceptors (Lipinski definition) is 4. The highest BCUT2D eigenvalue weighted by Crippen LogP contribution is 2.40. The summed E-state index contributed by atoms with van der Waals surface area (Å²) < 4.78 is 6.87. The molecule has 0 atom stereocenters. The van der Waals surface area contributed by atoms with Crippen LogP contribution in [0.4, 0.5) is 0 Å². The number of pyridine rings is 2. The Morgan fingerprint density at radius 1 is 0.275 bits per heavy atom. The van der Waals surface area contributed by atoms with Gasteiger partial charge in [0.15, 0.2) is 5.82 Å². The fourth-order valence-corrected chi connectivity index (χ4v) is 10.4. The van der Waals surface area contributed by atoms with Crippen LogP contribution in [0, 0.1) is 0 Å². The molecular formula is C62H39N7. The molecule has 14 rings (SSSR count). The molecule has 6 aromatic heterocycles. The van der Waals surface area contributed by atoms with Gasteiger partial charge in [0.1, 0.15) is 11.6 Å². The number of benzene rings is 8. The summed E-state index contributed by atoms with van der Waals surface area (Å²) in [7, 11) is 0. The number of hydrogen-bond donors (Lipinski definition) is 0. The second-order valence-corrected chi connectivity index (χ2v) is 17.5. The highest BCUT2D eigenvalue weighted by Gasteiger charge is 2.20. The zero-order valence-electron chi connectivity index (χ0n) is 37.1. The lowest BCUT2D eigenvalue weighted by Crippen LogP contribution is -2.02. The molecule has 0 bridgehead atoms. The van der Waals surface area contributed by atoms with Crippen molar-refractivity contribution in [2.24, 2.45) is 0 Å². The lowest BCUT2D eigenvalue weighted by Gasteiger charge is -2.12. The van der Waals surface area contributed by atoms with E-state index in [9.17, 15) is 0 Å². The first kappa shape index (κ1) is 38.8. The molecule has 0 spiro atoms. The van der Waals surface area contributed by atoms with Crippen molar-refractivity contribution in [3.63, 3.8) is 0 Å². The van der Waals surface area contributed by atoms with E-state index in [1.54, 1.807) is 0 Å². The van der Waals surface area contributed by atoms with Gasteiger partial charge in [-0.3, -0.25) is 14.1 Å². The van der Waals surface area contributed by atoms with Crippen molar-refractivity contribution in [2.75, 3.05) is 0 Å². The first-order valence-corrected chi connectivity index (χ1v) is 23.2. The zero-order valence-corrected chi connectivity index (χ0v) is 37.1. The van der Waals surface area contributed by atoms with Crippen molar-refractivity contribution in [3.05, 3.63) is 237 Å². The number of nitrogens with zero attached hydrogens (tertiary/aromatic N) is 7. The third-order valence-corrected chi connectivity index (χ3v) is 13.5. The van der Waals surface area contributed by atoms with E-state index in [-0.39, 0.29) is 0 Å². The molecular weight excluding hydrogens is 843 g/mol. The largest absolute Gasteiger partial charge is 0.308 e. The van der Waals surface area contributed by atoms with Gasteiger partial charge in [-0.15, -0.1) is 0 Å². The Morgan fingerprint density at radius 2 is 0.812 bits per heavy atom. The second-order valence-electron chi connectivity index (χ2n) is 17.5. The maximum atomic E-state index is 5.38. The van der Waals surface area contributed by atoms with Crippen molar-refractivity contribution >= 4 is 65.5 Å². The third kappa shape index (κ3) is 6.29. The molecule has 0 aliphatic carbocycles. The molecule has 322 valence electrons. The van der Waals surface area contributed by atoms with Gasteiger partial charge in [-0.05, 0) is 96.1 Å². The molecule has 0 aliphatic heterocycles. The molecule has 8 aromatic carbocycles. The lowest BCUT2D eigenvalue weighted by molar-refractivity contribution is 1.05. The molecule has 0 N–H and O–H groups in total. The van der Waals surface area contributed by atoms with Gasteiger partial charge in [0, 0.05) is 61.6 Å². The van der Waals surface area contributed by atoms with E-state index < -0.39 is 0 Å². The molecule has 0 aliphatic rings. The van der Waals surface area contributed by atoms with Crippen LogP contribution in [0.3, 0.4) is 0 Å². The topological polar surface area (TPSA) is 66.3 Å². The van der Waals surface area contributed by atoms with Gasteiger partial charge < -0.3 is 4.57 Å². The SMILES string of the molecule is c1ccc(-c2cc(-n3c4ccccc4c4cc(-c5ccc6c(c5)c5ccccc5n6-c5cccc(-c6ccc7c(c6)c6ncccc6n7-c6ccccc6)n5)ccc43)nc(-c3ccccc3)n2)cc1. The van der Waals surface area contributed by atoms with Crippen LogP contribution in [0.15, 0.2) is 237 Å². The summed E-state index contributed by atoms with van der Waals surface area (Å²) in [5.74, 6) is 2.37. The predicted octanol–water partition coefficient (Wildman–Crippen LogP) is 15.2. The Labute approximate surface area is 396 Å². The summed E-state index contributed by atoms with van der Waals surface area (Å²) >= 11 is 0. The summed E-state index contributed by atoms with van der Waals surface area (Å²) in [6.07, 6.45) is 1.87. The van der Waals surface area contributed by atoms with Crippen molar-refractivity contribution in [3.8, 4) is 62.4 Å². The zero-order chi connectivity index (χ0) is 45.4. The van der Waals surface area contributed by atoms with Crippen LogP contribution >= 0.6 is 0 Å².